The molecule has 0 bridgehead atoms. The molecule has 2 aromatic heterocycles. The van der Waals surface area contributed by atoms with Crippen LogP contribution in [0.25, 0.3) is 28.0 Å². The number of aromatic nitrogens is 3. The molecule has 1 aliphatic heterocycles. The summed E-state index contributed by atoms with van der Waals surface area (Å²) < 4.78 is 26.0. The van der Waals surface area contributed by atoms with E-state index >= 15 is 0 Å². The molecule has 33 heavy (non-hydrogen) atoms. The van der Waals surface area contributed by atoms with Crippen LogP contribution >= 0.6 is 27.5 Å². The van der Waals surface area contributed by atoms with Gasteiger partial charge in [0.05, 0.1) is 23.4 Å². The van der Waals surface area contributed by atoms with E-state index in [1.165, 1.54) is 6.20 Å². The third kappa shape index (κ3) is 4.28. The molecule has 0 unspecified atom stereocenters. The Morgan fingerprint density at radius 3 is 2.55 bits per heavy atom. The van der Waals surface area contributed by atoms with Crippen molar-refractivity contribution in [2.45, 2.75) is 12.5 Å². The molecule has 1 amide bonds. The highest BCUT2D eigenvalue weighted by Crippen LogP contribution is 2.36. The van der Waals surface area contributed by atoms with Crippen LogP contribution in [-0.2, 0) is 9.84 Å². The van der Waals surface area contributed by atoms with Crippen molar-refractivity contribution < 1.29 is 13.2 Å². The van der Waals surface area contributed by atoms with Crippen molar-refractivity contribution in [3.05, 3.63) is 76.0 Å². The van der Waals surface area contributed by atoms with Gasteiger partial charge in [-0.3, -0.25) is 4.79 Å². The van der Waals surface area contributed by atoms with Gasteiger partial charge in [-0.2, -0.15) is 5.10 Å². The first-order valence-corrected chi connectivity index (χ1v) is 13.2. The van der Waals surface area contributed by atoms with E-state index in [1.54, 1.807) is 22.8 Å². The van der Waals surface area contributed by atoms with Gasteiger partial charge in [0.15, 0.2) is 15.5 Å². The Morgan fingerprint density at radius 1 is 1.09 bits per heavy atom. The van der Waals surface area contributed by atoms with E-state index in [2.05, 4.69) is 31.3 Å². The minimum atomic E-state index is -3.11. The molecule has 2 aromatic carbocycles. The van der Waals surface area contributed by atoms with E-state index in [4.69, 9.17) is 11.6 Å². The summed E-state index contributed by atoms with van der Waals surface area (Å²) in [6, 6.07) is 14.8. The maximum Gasteiger partial charge on any atom is 0.257 e. The molecular weight excluding hydrogens is 528 g/mol. The number of hydrogen-bond donors (Lipinski definition) is 1. The first-order valence-electron chi connectivity index (χ1n) is 10.2. The summed E-state index contributed by atoms with van der Waals surface area (Å²) in [5.41, 5.74) is 4.03. The van der Waals surface area contributed by atoms with Crippen molar-refractivity contribution in [1.82, 2.24) is 19.9 Å². The highest BCUT2D eigenvalue weighted by molar-refractivity contribution is 9.10. The van der Waals surface area contributed by atoms with E-state index in [9.17, 15) is 13.2 Å². The number of halogens is 2. The molecular formula is C23H18BrClN4O3S. The van der Waals surface area contributed by atoms with Gasteiger partial charge in [0, 0.05) is 32.9 Å². The van der Waals surface area contributed by atoms with Crippen LogP contribution in [0, 0.1) is 0 Å². The molecule has 3 heterocycles. The molecule has 168 valence electrons. The van der Waals surface area contributed by atoms with Crippen molar-refractivity contribution in [2.75, 3.05) is 11.5 Å². The fourth-order valence-electron chi connectivity index (χ4n) is 4.03. The van der Waals surface area contributed by atoms with E-state index in [1.807, 2.05) is 36.4 Å². The van der Waals surface area contributed by atoms with Crippen molar-refractivity contribution in [1.29, 1.82) is 0 Å². The molecule has 1 aliphatic rings. The predicted molar refractivity (Wildman–Crippen MR) is 131 cm³/mol. The lowest BCUT2D eigenvalue weighted by Gasteiger charge is -2.14. The Kier molecular flexibility index (Phi) is 5.72. The Balaban J connectivity index is 1.63. The van der Waals surface area contributed by atoms with Gasteiger partial charge < -0.3 is 5.32 Å². The molecule has 4 aromatic rings. The zero-order valence-corrected chi connectivity index (χ0v) is 20.4. The van der Waals surface area contributed by atoms with Gasteiger partial charge in [0.25, 0.3) is 5.91 Å². The van der Waals surface area contributed by atoms with Crippen LogP contribution in [0.2, 0.25) is 5.02 Å². The first kappa shape index (κ1) is 22.1. The summed E-state index contributed by atoms with van der Waals surface area (Å²) in [5.74, 6) is -0.357. The van der Waals surface area contributed by atoms with Crippen LogP contribution < -0.4 is 5.32 Å². The maximum atomic E-state index is 13.0. The van der Waals surface area contributed by atoms with E-state index in [0.717, 1.165) is 26.9 Å². The zero-order valence-electron chi connectivity index (χ0n) is 17.2. The van der Waals surface area contributed by atoms with Crippen molar-refractivity contribution in [3.63, 3.8) is 0 Å². The van der Waals surface area contributed by atoms with Crippen LogP contribution in [-0.4, -0.2) is 46.5 Å². The molecule has 1 N–H and O–H groups in total. The minimum absolute atomic E-state index is 0.0480. The van der Waals surface area contributed by atoms with Gasteiger partial charge >= 0.3 is 0 Å². The van der Waals surface area contributed by atoms with Gasteiger partial charge in [0.2, 0.25) is 0 Å². The van der Waals surface area contributed by atoms with Gasteiger partial charge in [-0.1, -0.05) is 57.9 Å². The predicted octanol–water partition coefficient (Wildman–Crippen LogP) is 4.40. The molecule has 1 atom stereocenters. The Morgan fingerprint density at radius 2 is 1.85 bits per heavy atom. The molecule has 7 nitrogen and oxygen atoms in total. The third-order valence-corrected chi connectivity index (χ3v) is 8.33. The Labute approximate surface area is 203 Å². The Bertz CT molecular complexity index is 1490. The molecule has 10 heteroatoms. The second-order valence-electron chi connectivity index (χ2n) is 7.87. The molecule has 0 saturated carbocycles. The van der Waals surface area contributed by atoms with Crippen molar-refractivity contribution in [2.24, 2.45) is 0 Å². The lowest BCUT2D eigenvalue weighted by molar-refractivity contribution is 0.0942. The number of sulfone groups is 1. The highest BCUT2D eigenvalue weighted by atomic mass is 79.9. The van der Waals surface area contributed by atoms with Crippen molar-refractivity contribution in [3.8, 4) is 22.4 Å². The second kappa shape index (κ2) is 8.55. The summed E-state index contributed by atoms with van der Waals surface area (Å²) in [7, 11) is -3.11. The first-order chi connectivity index (χ1) is 15.8. The average molecular weight is 546 g/mol. The number of carbonyl (C=O) groups excluding carboxylic acids is 1. The second-order valence-corrected chi connectivity index (χ2v) is 11.4. The topological polar surface area (TPSA) is 93.4 Å². The fourth-order valence-corrected chi connectivity index (χ4v) is 6.32. The number of benzene rings is 2. The van der Waals surface area contributed by atoms with Crippen molar-refractivity contribution >= 4 is 48.9 Å². The minimum Gasteiger partial charge on any atom is -0.348 e. The van der Waals surface area contributed by atoms with Gasteiger partial charge in [-0.25, -0.2) is 17.9 Å². The number of carbonyl (C=O) groups is 1. The average Bonchev–Trinajstić information content (AvgIpc) is 3.37. The van der Waals surface area contributed by atoms with Crippen LogP contribution in [0.4, 0.5) is 0 Å². The standard InChI is InChI=1S/C23H18BrClN4O3S/c24-20-4-2-1-3-17(20)18-11-26-22-19(23(30)28-16-9-10-33(31,32)13-16)12-27-29(22)21(18)14-5-7-15(25)8-6-14/h1-8,11-12,16H,9-10,13H2,(H,28,30)/t16-/m0/s1. The van der Waals surface area contributed by atoms with E-state index in [-0.39, 0.29) is 17.1 Å². The number of hydrogen-bond acceptors (Lipinski definition) is 5. The quantitative estimate of drug-likeness (QED) is 0.410. The monoisotopic (exact) mass is 544 g/mol. The molecule has 0 aliphatic carbocycles. The van der Waals surface area contributed by atoms with E-state index < -0.39 is 21.8 Å². The van der Waals surface area contributed by atoms with Crippen LogP contribution in [0.5, 0.6) is 0 Å². The number of fused-ring (bicyclic) bond motifs is 1. The molecule has 0 radical (unpaired) electrons. The smallest absolute Gasteiger partial charge is 0.257 e. The number of rotatable bonds is 4. The molecule has 1 fully saturated rings. The number of nitrogens with zero attached hydrogens (tertiary/aromatic N) is 3. The summed E-state index contributed by atoms with van der Waals surface area (Å²) >= 11 is 9.72. The highest BCUT2D eigenvalue weighted by Gasteiger charge is 2.30. The Hall–Kier alpha value is -2.75. The zero-order chi connectivity index (χ0) is 23.2. The number of amides is 1. The van der Waals surface area contributed by atoms with E-state index in [0.29, 0.717) is 17.1 Å². The van der Waals surface area contributed by atoms with Crippen LogP contribution in [0.1, 0.15) is 16.8 Å². The molecule has 1 saturated heterocycles. The number of nitrogens with one attached hydrogen (secondary N) is 1. The summed E-state index contributed by atoms with van der Waals surface area (Å²) in [6.45, 7) is 0. The van der Waals surface area contributed by atoms with Gasteiger partial charge in [-0.15, -0.1) is 0 Å². The van der Waals surface area contributed by atoms with Gasteiger partial charge in [0.1, 0.15) is 5.56 Å². The largest absolute Gasteiger partial charge is 0.348 e. The SMILES string of the molecule is O=C(N[C@H]1CCS(=O)(=O)C1)c1cnn2c(-c3ccc(Cl)cc3)c(-c3ccccc3Br)cnc12. The third-order valence-electron chi connectivity index (χ3n) is 5.62. The fraction of sp³-hybridized carbons (Fsp3) is 0.174. The van der Waals surface area contributed by atoms with Crippen LogP contribution in [0.3, 0.4) is 0 Å². The summed E-state index contributed by atoms with van der Waals surface area (Å²) in [4.78, 5) is 17.5. The maximum absolute atomic E-state index is 13.0. The lowest BCUT2D eigenvalue weighted by atomic mass is 10.0. The lowest BCUT2D eigenvalue weighted by Crippen LogP contribution is -2.35. The normalized spacial score (nSPS) is 17.3. The summed E-state index contributed by atoms with van der Waals surface area (Å²) in [6.07, 6.45) is 3.59. The molecule has 0 spiro atoms. The van der Waals surface area contributed by atoms with Crippen LogP contribution in [0.15, 0.2) is 65.4 Å². The molecule has 5 rings (SSSR count). The van der Waals surface area contributed by atoms with Gasteiger partial charge in [-0.05, 0) is 30.2 Å². The summed E-state index contributed by atoms with van der Waals surface area (Å²) in [5, 5.41) is 7.91.